The average molecular weight is 377 g/mol. The highest BCUT2D eigenvalue weighted by Gasteiger charge is 2.13. The summed E-state index contributed by atoms with van der Waals surface area (Å²) in [5, 5.41) is 16.8. The van der Waals surface area contributed by atoms with Crippen LogP contribution in [0.4, 0.5) is 23.0 Å². The van der Waals surface area contributed by atoms with Crippen molar-refractivity contribution in [2.45, 2.75) is 20.8 Å². The number of aromatic nitrogens is 2. The molecule has 2 aromatic carbocycles. The van der Waals surface area contributed by atoms with Crippen molar-refractivity contribution in [2.24, 2.45) is 0 Å². The van der Waals surface area contributed by atoms with Gasteiger partial charge in [0, 0.05) is 34.8 Å². The number of hydrogen-bond acceptors (Lipinski definition) is 6. The first-order valence-electron chi connectivity index (χ1n) is 8.57. The molecule has 1 amide bonds. The van der Waals surface area contributed by atoms with Crippen molar-refractivity contribution in [1.29, 1.82) is 0 Å². The minimum atomic E-state index is -0.497. The smallest absolute Gasteiger partial charge is 0.271 e. The second-order valence-electron chi connectivity index (χ2n) is 6.39. The molecule has 1 aromatic heterocycles. The summed E-state index contributed by atoms with van der Waals surface area (Å²) in [6.45, 7) is 5.53. The number of nitro groups is 1. The van der Waals surface area contributed by atoms with Crippen LogP contribution in [0.25, 0.3) is 0 Å². The third kappa shape index (κ3) is 4.47. The Balaban J connectivity index is 1.81. The maximum Gasteiger partial charge on any atom is 0.271 e. The lowest BCUT2D eigenvalue weighted by Gasteiger charge is -2.10. The van der Waals surface area contributed by atoms with Gasteiger partial charge in [-0.3, -0.25) is 14.9 Å². The molecule has 0 radical (unpaired) electrons. The van der Waals surface area contributed by atoms with Crippen LogP contribution >= 0.6 is 0 Å². The number of non-ortho nitro benzene ring substituents is 1. The minimum absolute atomic E-state index is 0.0803. The Kier molecular flexibility index (Phi) is 5.30. The molecule has 1 heterocycles. The van der Waals surface area contributed by atoms with Gasteiger partial charge in [-0.15, -0.1) is 0 Å². The zero-order valence-electron chi connectivity index (χ0n) is 15.7. The molecule has 0 aliphatic rings. The van der Waals surface area contributed by atoms with Crippen molar-refractivity contribution < 1.29 is 9.72 Å². The maximum absolute atomic E-state index is 12.6. The van der Waals surface area contributed by atoms with Crippen molar-refractivity contribution in [3.05, 3.63) is 81.2 Å². The van der Waals surface area contributed by atoms with Gasteiger partial charge in [-0.1, -0.05) is 12.1 Å². The molecule has 0 bridgehead atoms. The zero-order chi connectivity index (χ0) is 20.3. The molecule has 0 unspecified atom stereocenters. The Hall–Kier alpha value is -3.81. The van der Waals surface area contributed by atoms with Crippen LogP contribution in [0.5, 0.6) is 0 Å². The molecule has 0 saturated carbocycles. The highest BCUT2D eigenvalue weighted by atomic mass is 16.6. The van der Waals surface area contributed by atoms with E-state index in [1.807, 2.05) is 19.9 Å². The van der Waals surface area contributed by atoms with Gasteiger partial charge >= 0.3 is 0 Å². The number of nitrogens with one attached hydrogen (secondary N) is 2. The normalized spacial score (nSPS) is 10.4. The molecule has 142 valence electrons. The van der Waals surface area contributed by atoms with E-state index < -0.39 is 4.92 Å². The van der Waals surface area contributed by atoms with Gasteiger partial charge in [-0.2, -0.15) is 0 Å². The fourth-order valence-corrected chi connectivity index (χ4v) is 2.70. The van der Waals surface area contributed by atoms with Crippen molar-refractivity contribution in [3.8, 4) is 0 Å². The third-order valence-corrected chi connectivity index (χ3v) is 4.04. The van der Waals surface area contributed by atoms with E-state index in [2.05, 4.69) is 20.6 Å². The molecule has 0 spiro atoms. The maximum atomic E-state index is 12.6. The van der Waals surface area contributed by atoms with Crippen LogP contribution in [0.2, 0.25) is 0 Å². The van der Waals surface area contributed by atoms with Crippen molar-refractivity contribution >= 4 is 28.9 Å². The summed E-state index contributed by atoms with van der Waals surface area (Å²) in [6.07, 6.45) is 0. The molecular formula is C20H19N5O3. The summed E-state index contributed by atoms with van der Waals surface area (Å²) < 4.78 is 0. The van der Waals surface area contributed by atoms with E-state index in [0.29, 0.717) is 22.9 Å². The monoisotopic (exact) mass is 377 g/mol. The van der Waals surface area contributed by atoms with Crippen LogP contribution in [0.1, 0.15) is 27.3 Å². The third-order valence-electron chi connectivity index (χ3n) is 4.04. The van der Waals surface area contributed by atoms with Gasteiger partial charge in [0.05, 0.1) is 10.6 Å². The number of nitrogens with zero attached hydrogens (tertiary/aromatic N) is 3. The van der Waals surface area contributed by atoms with E-state index >= 15 is 0 Å². The fourth-order valence-electron chi connectivity index (χ4n) is 2.70. The van der Waals surface area contributed by atoms with E-state index in [9.17, 15) is 14.9 Å². The van der Waals surface area contributed by atoms with Gasteiger partial charge < -0.3 is 10.6 Å². The summed E-state index contributed by atoms with van der Waals surface area (Å²) in [5.74, 6) is 0.0816. The lowest BCUT2D eigenvalue weighted by atomic mass is 10.1. The first-order chi connectivity index (χ1) is 13.3. The molecule has 0 saturated heterocycles. The number of carbonyl (C=O) groups excluding carboxylic acids is 1. The molecule has 8 heteroatoms. The van der Waals surface area contributed by atoms with Crippen LogP contribution in [0, 0.1) is 30.9 Å². The highest BCUT2D eigenvalue weighted by Crippen LogP contribution is 2.23. The van der Waals surface area contributed by atoms with Gasteiger partial charge in [0.15, 0.2) is 0 Å². The molecule has 28 heavy (non-hydrogen) atoms. The summed E-state index contributed by atoms with van der Waals surface area (Å²) in [7, 11) is 0. The number of anilines is 3. The number of hydrogen-bond donors (Lipinski definition) is 2. The summed E-state index contributed by atoms with van der Waals surface area (Å²) in [4.78, 5) is 31.7. The molecule has 3 rings (SSSR count). The average Bonchev–Trinajstić information content (AvgIpc) is 2.62. The predicted octanol–water partition coefficient (Wildman–Crippen LogP) is 4.31. The van der Waals surface area contributed by atoms with E-state index in [-0.39, 0.29) is 11.6 Å². The SMILES string of the molecule is Cc1cc(C)nc(Nc2cccc(C(=O)Nc3cc([N+](=O)[O-])ccc3C)c2)n1. The first-order valence-corrected chi connectivity index (χ1v) is 8.57. The van der Waals surface area contributed by atoms with Gasteiger partial charge in [0.1, 0.15) is 0 Å². The van der Waals surface area contributed by atoms with E-state index in [1.165, 1.54) is 12.1 Å². The number of amides is 1. The second-order valence-corrected chi connectivity index (χ2v) is 6.39. The summed E-state index contributed by atoms with van der Waals surface area (Å²) >= 11 is 0. The summed E-state index contributed by atoms with van der Waals surface area (Å²) in [5.41, 5.74) is 3.79. The number of aryl methyl sites for hydroxylation is 3. The minimum Gasteiger partial charge on any atom is -0.324 e. The van der Waals surface area contributed by atoms with Crippen LogP contribution in [0.3, 0.4) is 0 Å². The molecule has 0 atom stereocenters. The number of nitro benzene ring substituents is 1. The Morgan fingerprint density at radius 2 is 1.71 bits per heavy atom. The fraction of sp³-hybridized carbons (Fsp3) is 0.150. The molecule has 8 nitrogen and oxygen atoms in total. The molecule has 0 aliphatic heterocycles. The zero-order valence-corrected chi connectivity index (χ0v) is 15.7. The summed E-state index contributed by atoms with van der Waals surface area (Å²) in [6, 6.07) is 13.1. The Labute approximate surface area is 161 Å². The Morgan fingerprint density at radius 3 is 2.39 bits per heavy atom. The predicted molar refractivity (Wildman–Crippen MR) is 107 cm³/mol. The largest absolute Gasteiger partial charge is 0.324 e. The van der Waals surface area contributed by atoms with Crippen molar-refractivity contribution in [3.63, 3.8) is 0 Å². The number of rotatable bonds is 5. The lowest BCUT2D eigenvalue weighted by molar-refractivity contribution is -0.384. The topological polar surface area (TPSA) is 110 Å². The molecular weight excluding hydrogens is 358 g/mol. The number of benzene rings is 2. The molecule has 0 fully saturated rings. The second kappa shape index (κ2) is 7.83. The lowest BCUT2D eigenvalue weighted by Crippen LogP contribution is -2.13. The van der Waals surface area contributed by atoms with Gasteiger partial charge in [-0.25, -0.2) is 9.97 Å². The Bertz CT molecular complexity index is 1050. The van der Waals surface area contributed by atoms with Crippen molar-refractivity contribution in [2.75, 3.05) is 10.6 Å². The van der Waals surface area contributed by atoms with Crippen molar-refractivity contribution in [1.82, 2.24) is 9.97 Å². The number of carbonyl (C=O) groups is 1. The van der Waals surface area contributed by atoms with Gasteiger partial charge in [0.2, 0.25) is 5.95 Å². The van der Waals surface area contributed by atoms with Gasteiger partial charge in [-0.05, 0) is 50.6 Å². The van der Waals surface area contributed by atoms with Crippen LogP contribution < -0.4 is 10.6 Å². The van der Waals surface area contributed by atoms with Crippen LogP contribution in [-0.2, 0) is 0 Å². The van der Waals surface area contributed by atoms with E-state index in [1.54, 1.807) is 37.3 Å². The molecule has 2 N–H and O–H groups in total. The van der Waals surface area contributed by atoms with E-state index in [0.717, 1.165) is 17.0 Å². The van der Waals surface area contributed by atoms with Gasteiger partial charge in [0.25, 0.3) is 11.6 Å². The molecule has 3 aromatic rings. The van der Waals surface area contributed by atoms with E-state index in [4.69, 9.17) is 0 Å². The standard InChI is InChI=1S/C20H19N5O3/c1-12-7-8-17(25(27)28)11-18(12)24-19(26)15-5-4-6-16(10-15)23-20-21-13(2)9-14(3)22-20/h4-11H,1-3H3,(H,24,26)(H,21,22,23). The highest BCUT2D eigenvalue weighted by molar-refractivity contribution is 6.05. The molecule has 0 aliphatic carbocycles. The quantitative estimate of drug-likeness (QED) is 0.506. The van der Waals surface area contributed by atoms with Crippen LogP contribution in [-0.4, -0.2) is 20.8 Å². The Morgan fingerprint density at radius 1 is 1.00 bits per heavy atom. The van der Waals surface area contributed by atoms with Crippen LogP contribution in [0.15, 0.2) is 48.5 Å². The first kappa shape index (κ1) is 19.0.